The zero-order chi connectivity index (χ0) is 17.4. The van der Waals surface area contributed by atoms with Gasteiger partial charge >= 0.3 is 0 Å². The van der Waals surface area contributed by atoms with E-state index in [0.717, 1.165) is 37.6 Å². The summed E-state index contributed by atoms with van der Waals surface area (Å²) in [6, 6.07) is 4.98. The van der Waals surface area contributed by atoms with Crippen LogP contribution in [0.4, 0.5) is 4.39 Å². The van der Waals surface area contributed by atoms with E-state index < -0.39 is 0 Å². The molecule has 0 saturated carbocycles. The number of benzene rings is 1. The lowest BCUT2D eigenvalue weighted by molar-refractivity contribution is 0.183. The van der Waals surface area contributed by atoms with Crippen molar-refractivity contribution in [2.24, 2.45) is 10.9 Å². The van der Waals surface area contributed by atoms with Crippen LogP contribution in [0.1, 0.15) is 30.9 Å². The van der Waals surface area contributed by atoms with Crippen molar-refractivity contribution in [1.82, 2.24) is 15.5 Å². The van der Waals surface area contributed by atoms with E-state index in [1.54, 1.807) is 13.1 Å². The van der Waals surface area contributed by atoms with Crippen molar-refractivity contribution in [3.8, 4) is 0 Å². The molecule has 142 valence electrons. The Balaban J connectivity index is 0.00000312. The Bertz CT molecular complexity index is 550. The van der Waals surface area contributed by atoms with E-state index in [-0.39, 0.29) is 29.8 Å². The predicted molar refractivity (Wildman–Crippen MR) is 114 cm³/mol. The molecule has 0 aliphatic carbocycles. The van der Waals surface area contributed by atoms with Crippen molar-refractivity contribution in [1.29, 1.82) is 0 Å². The summed E-state index contributed by atoms with van der Waals surface area (Å²) in [5.74, 6) is 1.37. The topological polar surface area (TPSA) is 39.7 Å². The molecule has 1 heterocycles. The first-order chi connectivity index (χ1) is 11.6. The van der Waals surface area contributed by atoms with Gasteiger partial charge in [0.05, 0.1) is 0 Å². The number of aliphatic imine (C=N–C) groups is 1. The van der Waals surface area contributed by atoms with E-state index >= 15 is 0 Å². The summed E-state index contributed by atoms with van der Waals surface area (Å²) in [5, 5.41) is 6.80. The Hall–Kier alpha value is -0.890. The quantitative estimate of drug-likeness (QED) is 0.388. The lowest BCUT2D eigenvalue weighted by Crippen LogP contribution is -2.44. The van der Waals surface area contributed by atoms with Crippen molar-refractivity contribution in [3.63, 3.8) is 0 Å². The largest absolute Gasteiger partial charge is 0.356 e. The minimum Gasteiger partial charge on any atom is -0.356 e. The third kappa shape index (κ3) is 7.48. The molecular weight excluding hydrogens is 430 g/mol. The van der Waals surface area contributed by atoms with E-state index in [4.69, 9.17) is 0 Å². The maximum atomic E-state index is 13.1. The minimum atomic E-state index is -0.171. The molecule has 2 rings (SSSR count). The second-order valence-corrected chi connectivity index (χ2v) is 6.60. The second kappa shape index (κ2) is 11.7. The number of hydrogen-bond acceptors (Lipinski definition) is 2. The fourth-order valence-corrected chi connectivity index (χ4v) is 3.32. The number of nitrogens with zero attached hydrogens (tertiary/aromatic N) is 2. The number of piperidine rings is 1. The van der Waals surface area contributed by atoms with Crippen LogP contribution in [0.25, 0.3) is 0 Å². The molecule has 1 fully saturated rings. The molecule has 0 aromatic heterocycles. The third-order valence-corrected chi connectivity index (χ3v) is 4.82. The summed E-state index contributed by atoms with van der Waals surface area (Å²) in [5.41, 5.74) is 2.17. The molecule has 0 amide bonds. The van der Waals surface area contributed by atoms with Crippen LogP contribution < -0.4 is 10.6 Å². The molecule has 1 atom stereocenters. The van der Waals surface area contributed by atoms with Gasteiger partial charge in [0.25, 0.3) is 0 Å². The van der Waals surface area contributed by atoms with Gasteiger partial charge in [0.1, 0.15) is 5.82 Å². The van der Waals surface area contributed by atoms with Crippen molar-refractivity contribution in [2.75, 3.05) is 39.8 Å². The van der Waals surface area contributed by atoms with Crippen LogP contribution in [0.15, 0.2) is 23.2 Å². The van der Waals surface area contributed by atoms with Gasteiger partial charge in [0.2, 0.25) is 0 Å². The summed E-state index contributed by atoms with van der Waals surface area (Å²) < 4.78 is 13.1. The molecule has 1 saturated heterocycles. The van der Waals surface area contributed by atoms with Crippen LogP contribution in [0.2, 0.25) is 0 Å². The zero-order valence-corrected chi connectivity index (χ0v) is 18.0. The van der Waals surface area contributed by atoms with Crippen LogP contribution in [-0.2, 0) is 6.42 Å². The number of nitrogens with one attached hydrogen (secondary N) is 2. The molecule has 1 aromatic carbocycles. The normalized spacial score (nSPS) is 18.6. The standard InChI is InChI=1S/C19H31FN4.HI/c1-4-24-11-5-6-16(14-24)13-23-19(21-3)22-10-9-17-7-8-18(20)12-15(17)2;/h7-8,12,16H,4-6,9-11,13-14H2,1-3H3,(H2,21,22,23);1H. The maximum absolute atomic E-state index is 13.1. The van der Waals surface area contributed by atoms with E-state index in [1.807, 2.05) is 13.0 Å². The smallest absolute Gasteiger partial charge is 0.190 e. The molecule has 0 radical (unpaired) electrons. The van der Waals surface area contributed by atoms with Gasteiger partial charge in [-0.05, 0) is 68.5 Å². The van der Waals surface area contributed by atoms with E-state index in [0.29, 0.717) is 5.92 Å². The number of guanidine groups is 1. The van der Waals surface area contributed by atoms with Crippen LogP contribution in [0.3, 0.4) is 0 Å². The lowest BCUT2D eigenvalue weighted by Gasteiger charge is -2.32. The number of rotatable bonds is 6. The average Bonchev–Trinajstić information content (AvgIpc) is 2.59. The number of likely N-dealkylation sites (tertiary alicyclic amines) is 1. The van der Waals surface area contributed by atoms with E-state index in [2.05, 4.69) is 27.4 Å². The maximum Gasteiger partial charge on any atom is 0.190 e. The Morgan fingerprint density at radius 2 is 2.16 bits per heavy atom. The molecule has 0 bridgehead atoms. The highest BCUT2D eigenvalue weighted by Crippen LogP contribution is 2.15. The summed E-state index contributed by atoms with van der Waals surface area (Å²) in [7, 11) is 1.80. The highest BCUT2D eigenvalue weighted by molar-refractivity contribution is 14.0. The van der Waals surface area contributed by atoms with Gasteiger partial charge in [-0.15, -0.1) is 24.0 Å². The van der Waals surface area contributed by atoms with Crippen LogP contribution >= 0.6 is 24.0 Å². The van der Waals surface area contributed by atoms with Crippen molar-refractivity contribution >= 4 is 29.9 Å². The predicted octanol–water partition coefficient (Wildman–Crippen LogP) is 3.19. The zero-order valence-electron chi connectivity index (χ0n) is 15.6. The van der Waals surface area contributed by atoms with E-state index in [9.17, 15) is 4.39 Å². The monoisotopic (exact) mass is 462 g/mol. The first-order valence-corrected chi connectivity index (χ1v) is 9.04. The van der Waals surface area contributed by atoms with Crippen molar-refractivity contribution < 1.29 is 4.39 Å². The third-order valence-electron chi connectivity index (χ3n) is 4.82. The number of aryl methyl sites for hydroxylation is 1. The summed E-state index contributed by atoms with van der Waals surface area (Å²) in [6.45, 7) is 9.48. The minimum absolute atomic E-state index is 0. The van der Waals surface area contributed by atoms with Gasteiger partial charge in [-0.25, -0.2) is 4.39 Å². The molecule has 1 aliphatic rings. The average molecular weight is 462 g/mol. The highest BCUT2D eigenvalue weighted by atomic mass is 127. The van der Waals surface area contributed by atoms with Crippen LogP contribution in [0.5, 0.6) is 0 Å². The summed E-state index contributed by atoms with van der Waals surface area (Å²) in [6.07, 6.45) is 3.44. The Kier molecular flexibility index (Phi) is 10.3. The fourth-order valence-electron chi connectivity index (χ4n) is 3.32. The molecule has 1 unspecified atom stereocenters. The molecule has 1 aliphatic heterocycles. The van der Waals surface area contributed by atoms with Gasteiger partial charge < -0.3 is 15.5 Å². The Morgan fingerprint density at radius 1 is 1.36 bits per heavy atom. The van der Waals surface area contributed by atoms with Gasteiger partial charge in [0, 0.05) is 26.7 Å². The summed E-state index contributed by atoms with van der Waals surface area (Å²) in [4.78, 5) is 6.82. The molecule has 4 nitrogen and oxygen atoms in total. The SMILES string of the molecule is CCN1CCCC(CNC(=NC)NCCc2ccc(F)cc2C)C1.I. The van der Waals surface area contributed by atoms with Crippen molar-refractivity contribution in [2.45, 2.75) is 33.1 Å². The second-order valence-electron chi connectivity index (χ2n) is 6.60. The Morgan fingerprint density at radius 3 is 2.84 bits per heavy atom. The van der Waals surface area contributed by atoms with Gasteiger partial charge in [-0.2, -0.15) is 0 Å². The first kappa shape index (κ1) is 22.2. The molecule has 0 spiro atoms. The van der Waals surface area contributed by atoms with Gasteiger partial charge in [-0.1, -0.05) is 13.0 Å². The number of hydrogen-bond donors (Lipinski definition) is 2. The van der Waals surface area contributed by atoms with Gasteiger partial charge in [0.15, 0.2) is 5.96 Å². The van der Waals surface area contributed by atoms with E-state index in [1.165, 1.54) is 37.6 Å². The van der Waals surface area contributed by atoms with Gasteiger partial charge in [-0.3, -0.25) is 4.99 Å². The molecular formula is C19H32FIN4. The van der Waals surface area contributed by atoms with Crippen molar-refractivity contribution in [3.05, 3.63) is 35.1 Å². The number of halogens is 2. The Labute approximate surface area is 168 Å². The molecule has 1 aromatic rings. The first-order valence-electron chi connectivity index (χ1n) is 9.04. The van der Waals surface area contributed by atoms with Crippen LogP contribution in [0, 0.1) is 18.7 Å². The fraction of sp³-hybridized carbons (Fsp3) is 0.632. The lowest BCUT2D eigenvalue weighted by atomic mass is 9.98. The molecule has 6 heteroatoms. The highest BCUT2D eigenvalue weighted by Gasteiger charge is 2.18. The van der Waals surface area contributed by atoms with Crippen LogP contribution in [-0.4, -0.2) is 50.6 Å². The summed E-state index contributed by atoms with van der Waals surface area (Å²) >= 11 is 0. The molecule has 2 N–H and O–H groups in total. The molecule has 25 heavy (non-hydrogen) atoms.